The zero-order valence-electron chi connectivity index (χ0n) is 8.52. The molecule has 82 valence electrons. The molecule has 1 amide bonds. The normalized spacial score (nSPS) is 10.3. The molecule has 5 nitrogen and oxygen atoms in total. The SMILES string of the molecule is COc1ccc2oc(=O)c(C(N)=O)cc2c1. The average Bonchev–Trinajstić information content (AvgIpc) is 2.27. The molecule has 0 unspecified atom stereocenters. The largest absolute Gasteiger partial charge is 0.497 e. The van der Waals surface area contributed by atoms with Crippen molar-refractivity contribution in [3.8, 4) is 5.75 Å². The topological polar surface area (TPSA) is 82.5 Å². The molecule has 0 aliphatic rings. The third-order valence-corrected chi connectivity index (χ3v) is 2.20. The zero-order valence-corrected chi connectivity index (χ0v) is 8.52. The maximum absolute atomic E-state index is 11.3. The first-order valence-corrected chi connectivity index (χ1v) is 4.53. The summed E-state index contributed by atoms with van der Waals surface area (Å²) < 4.78 is 9.96. The number of benzene rings is 1. The van der Waals surface area contributed by atoms with E-state index in [0.717, 1.165) is 0 Å². The lowest BCUT2D eigenvalue weighted by atomic mass is 10.2. The molecule has 1 heterocycles. The summed E-state index contributed by atoms with van der Waals surface area (Å²) in [6.45, 7) is 0. The summed E-state index contributed by atoms with van der Waals surface area (Å²) in [4.78, 5) is 22.3. The Morgan fingerprint density at radius 2 is 2.12 bits per heavy atom. The molecule has 0 aliphatic heterocycles. The predicted molar refractivity (Wildman–Crippen MR) is 57.6 cm³/mol. The molecule has 0 fully saturated rings. The fraction of sp³-hybridized carbons (Fsp3) is 0.0909. The smallest absolute Gasteiger partial charge is 0.349 e. The first kappa shape index (κ1) is 10.2. The molecule has 0 bridgehead atoms. The molecule has 2 N–H and O–H groups in total. The Morgan fingerprint density at radius 3 is 2.75 bits per heavy atom. The van der Waals surface area contributed by atoms with Gasteiger partial charge in [-0.1, -0.05) is 0 Å². The molecule has 0 saturated heterocycles. The summed E-state index contributed by atoms with van der Waals surface area (Å²) in [6, 6.07) is 6.31. The molecule has 1 aromatic heterocycles. The van der Waals surface area contributed by atoms with Gasteiger partial charge >= 0.3 is 5.63 Å². The van der Waals surface area contributed by atoms with Crippen LogP contribution in [0.3, 0.4) is 0 Å². The van der Waals surface area contributed by atoms with Crippen LogP contribution in [0.4, 0.5) is 0 Å². The van der Waals surface area contributed by atoms with Crippen LogP contribution in [-0.4, -0.2) is 13.0 Å². The molecular weight excluding hydrogens is 210 g/mol. The number of primary amides is 1. The van der Waals surface area contributed by atoms with Crippen molar-refractivity contribution in [2.75, 3.05) is 7.11 Å². The van der Waals surface area contributed by atoms with Crippen LogP contribution in [0.25, 0.3) is 11.0 Å². The first-order chi connectivity index (χ1) is 7.61. The molecule has 1 aromatic carbocycles. The van der Waals surface area contributed by atoms with Crippen molar-refractivity contribution in [2.45, 2.75) is 0 Å². The Bertz CT molecular complexity index is 615. The van der Waals surface area contributed by atoms with Crippen LogP contribution in [0, 0.1) is 0 Å². The Balaban J connectivity index is 2.75. The number of carbonyl (C=O) groups is 1. The lowest BCUT2D eigenvalue weighted by Gasteiger charge is -2.02. The van der Waals surface area contributed by atoms with Gasteiger partial charge in [-0.15, -0.1) is 0 Å². The van der Waals surface area contributed by atoms with Gasteiger partial charge in [0.1, 0.15) is 16.9 Å². The summed E-state index contributed by atoms with van der Waals surface area (Å²) in [7, 11) is 1.52. The molecule has 0 aliphatic carbocycles. The quantitative estimate of drug-likeness (QED) is 0.760. The summed E-state index contributed by atoms with van der Waals surface area (Å²) >= 11 is 0. The van der Waals surface area contributed by atoms with E-state index >= 15 is 0 Å². The Morgan fingerprint density at radius 1 is 1.38 bits per heavy atom. The van der Waals surface area contributed by atoms with E-state index in [4.69, 9.17) is 14.9 Å². The highest BCUT2D eigenvalue weighted by atomic mass is 16.5. The van der Waals surface area contributed by atoms with Gasteiger partial charge < -0.3 is 14.9 Å². The molecule has 0 radical (unpaired) electrons. The number of hydrogen-bond acceptors (Lipinski definition) is 4. The van der Waals surface area contributed by atoms with Crippen molar-refractivity contribution in [1.82, 2.24) is 0 Å². The van der Waals surface area contributed by atoms with E-state index in [0.29, 0.717) is 16.7 Å². The van der Waals surface area contributed by atoms with Gasteiger partial charge in [0.25, 0.3) is 5.91 Å². The summed E-state index contributed by atoms with van der Waals surface area (Å²) in [5.41, 5.74) is 4.53. The number of amides is 1. The maximum atomic E-state index is 11.3. The highest BCUT2D eigenvalue weighted by molar-refractivity contribution is 5.95. The second kappa shape index (κ2) is 3.69. The third-order valence-electron chi connectivity index (χ3n) is 2.20. The van der Waals surface area contributed by atoms with Gasteiger partial charge in [0.05, 0.1) is 7.11 Å². The molecule has 0 atom stereocenters. The van der Waals surface area contributed by atoms with E-state index in [-0.39, 0.29) is 5.56 Å². The van der Waals surface area contributed by atoms with Gasteiger partial charge in [0.15, 0.2) is 0 Å². The van der Waals surface area contributed by atoms with Crippen molar-refractivity contribution in [3.05, 3.63) is 40.2 Å². The lowest BCUT2D eigenvalue weighted by molar-refractivity contribution is 0.0997. The van der Waals surface area contributed by atoms with Crippen LogP contribution in [0.2, 0.25) is 0 Å². The van der Waals surface area contributed by atoms with Crippen molar-refractivity contribution >= 4 is 16.9 Å². The predicted octanol–water partition coefficient (Wildman–Crippen LogP) is 0.901. The monoisotopic (exact) mass is 219 g/mol. The van der Waals surface area contributed by atoms with Crippen LogP contribution < -0.4 is 16.1 Å². The maximum Gasteiger partial charge on any atom is 0.349 e. The number of carbonyl (C=O) groups excluding carboxylic acids is 1. The number of rotatable bonds is 2. The molecule has 5 heteroatoms. The number of fused-ring (bicyclic) bond motifs is 1. The van der Waals surface area contributed by atoms with E-state index in [1.54, 1.807) is 18.2 Å². The van der Waals surface area contributed by atoms with Crippen molar-refractivity contribution in [2.24, 2.45) is 5.73 Å². The fourth-order valence-electron chi connectivity index (χ4n) is 1.40. The Labute approximate surface area is 90.4 Å². The number of nitrogens with two attached hydrogens (primary N) is 1. The van der Waals surface area contributed by atoms with Crippen molar-refractivity contribution in [1.29, 1.82) is 0 Å². The average molecular weight is 219 g/mol. The van der Waals surface area contributed by atoms with Crippen LogP contribution in [0.1, 0.15) is 10.4 Å². The van der Waals surface area contributed by atoms with Gasteiger partial charge in [0.2, 0.25) is 0 Å². The fourth-order valence-corrected chi connectivity index (χ4v) is 1.40. The molecule has 0 saturated carbocycles. The Kier molecular flexibility index (Phi) is 2.36. The molecule has 16 heavy (non-hydrogen) atoms. The second-order valence-corrected chi connectivity index (χ2v) is 3.22. The lowest BCUT2D eigenvalue weighted by Crippen LogP contribution is -2.20. The van der Waals surface area contributed by atoms with Crippen LogP contribution in [-0.2, 0) is 0 Å². The third kappa shape index (κ3) is 1.63. The van der Waals surface area contributed by atoms with E-state index < -0.39 is 11.5 Å². The minimum absolute atomic E-state index is 0.166. The van der Waals surface area contributed by atoms with Gasteiger partial charge in [-0.05, 0) is 24.3 Å². The van der Waals surface area contributed by atoms with Gasteiger partial charge in [-0.25, -0.2) is 4.79 Å². The van der Waals surface area contributed by atoms with Crippen molar-refractivity contribution < 1.29 is 13.9 Å². The minimum atomic E-state index is -0.807. The van der Waals surface area contributed by atoms with Crippen LogP contribution >= 0.6 is 0 Å². The van der Waals surface area contributed by atoms with Gasteiger partial charge in [-0.3, -0.25) is 4.79 Å². The standard InChI is InChI=1S/C11H9NO4/c1-15-7-2-3-9-6(4-7)5-8(10(12)13)11(14)16-9/h2-5H,1H3,(H2,12,13). The first-order valence-electron chi connectivity index (χ1n) is 4.53. The summed E-state index contributed by atoms with van der Waals surface area (Å²) in [6.07, 6.45) is 0. The highest BCUT2D eigenvalue weighted by Gasteiger charge is 2.10. The summed E-state index contributed by atoms with van der Waals surface area (Å²) in [5.74, 6) is -0.199. The molecular formula is C11H9NO4. The number of ether oxygens (including phenoxy) is 1. The number of hydrogen-bond donors (Lipinski definition) is 1. The second-order valence-electron chi connectivity index (χ2n) is 3.22. The van der Waals surface area contributed by atoms with Crippen LogP contribution in [0.5, 0.6) is 5.75 Å². The Hall–Kier alpha value is -2.30. The molecule has 0 spiro atoms. The van der Waals surface area contributed by atoms with Crippen LogP contribution in [0.15, 0.2) is 33.5 Å². The zero-order chi connectivity index (χ0) is 11.7. The van der Waals surface area contributed by atoms with E-state index in [1.165, 1.54) is 13.2 Å². The minimum Gasteiger partial charge on any atom is -0.497 e. The number of methoxy groups -OCH3 is 1. The molecule has 2 aromatic rings. The van der Waals surface area contributed by atoms with Crippen molar-refractivity contribution in [3.63, 3.8) is 0 Å². The van der Waals surface area contributed by atoms with E-state index in [9.17, 15) is 9.59 Å². The van der Waals surface area contributed by atoms with E-state index in [1.807, 2.05) is 0 Å². The summed E-state index contributed by atoms with van der Waals surface area (Å²) in [5, 5.41) is 0.591. The highest BCUT2D eigenvalue weighted by Crippen LogP contribution is 2.19. The molecule has 2 rings (SSSR count). The van der Waals surface area contributed by atoms with Gasteiger partial charge in [-0.2, -0.15) is 0 Å². The van der Waals surface area contributed by atoms with Gasteiger partial charge in [0, 0.05) is 5.39 Å². The van der Waals surface area contributed by atoms with E-state index in [2.05, 4.69) is 0 Å².